The summed E-state index contributed by atoms with van der Waals surface area (Å²) in [4.78, 5) is 17.1. The second-order valence-electron chi connectivity index (χ2n) is 7.35. The van der Waals surface area contributed by atoms with Gasteiger partial charge in [0, 0.05) is 18.7 Å². The molecule has 156 valence electrons. The molecule has 1 aliphatic rings. The minimum absolute atomic E-state index is 0.202. The van der Waals surface area contributed by atoms with Crippen LogP contribution in [0, 0.1) is 5.82 Å². The van der Waals surface area contributed by atoms with Gasteiger partial charge in [0.05, 0.1) is 11.6 Å². The molecule has 3 nitrogen and oxygen atoms in total. The van der Waals surface area contributed by atoms with Gasteiger partial charge in [-0.05, 0) is 74.8 Å². The molecule has 0 aromatic heterocycles. The molecule has 0 N–H and O–H groups in total. The van der Waals surface area contributed by atoms with E-state index in [1.54, 1.807) is 17.0 Å². The normalized spacial score (nSPS) is 16.0. The van der Waals surface area contributed by atoms with Crippen molar-refractivity contribution in [2.24, 2.45) is 0 Å². The molecule has 0 saturated carbocycles. The number of amides is 1. The van der Waals surface area contributed by atoms with Crippen LogP contribution in [0.4, 0.5) is 17.6 Å². The summed E-state index contributed by atoms with van der Waals surface area (Å²) in [7, 11) is 0. The van der Waals surface area contributed by atoms with Crippen molar-refractivity contribution < 1.29 is 22.4 Å². The number of hydrogen-bond donors (Lipinski definition) is 0. The van der Waals surface area contributed by atoms with Gasteiger partial charge >= 0.3 is 6.18 Å². The molecule has 2 aromatic rings. The number of likely N-dealkylation sites (tertiary alicyclic amines) is 1. The lowest BCUT2D eigenvalue weighted by Gasteiger charge is -2.31. The summed E-state index contributed by atoms with van der Waals surface area (Å²) in [5.74, 6) is -0.701. The smallest absolute Gasteiger partial charge is 0.331 e. The third-order valence-electron chi connectivity index (χ3n) is 5.40. The van der Waals surface area contributed by atoms with E-state index in [4.69, 9.17) is 0 Å². The van der Waals surface area contributed by atoms with E-state index in [0.717, 1.165) is 43.6 Å². The van der Waals surface area contributed by atoms with Crippen LogP contribution in [0.2, 0.25) is 0 Å². The summed E-state index contributed by atoms with van der Waals surface area (Å²) in [6.45, 7) is 4.94. The fraction of sp³-hybridized carbons (Fsp3) is 0.409. The van der Waals surface area contributed by atoms with Crippen molar-refractivity contribution in [3.05, 3.63) is 71.0 Å². The van der Waals surface area contributed by atoms with Gasteiger partial charge in [0.1, 0.15) is 5.82 Å². The summed E-state index contributed by atoms with van der Waals surface area (Å²) in [6, 6.07) is 9.87. The second kappa shape index (κ2) is 8.95. The highest BCUT2D eigenvalue weighted by molar-refractivity contribution is 5.94. The molecule has 1 heterocycles. The van der Waals surface area contributed by atoms with E-state index in [9.17, 15) is 22.4 Å². The third-order valence-corrected chi connectivity index (χ3v) is 5.40. The van der Waals surface area contributed by atoms with Crippen LogP contribution in [0.5, 0.6) is 0 Å². The van der Waals surface area contributed by atoms with Gasteiger partial charge in [0.15, 0.2) is 0 Å². The Labute approximate surface area is 167 Å². The Morgan fingerprint density at radius 2 is 1.62 bits per heavy atom. The molecule has 2 aromatic carbocycles. The molecule has 0 radical (unpaired) electrons. The van der Waals surface area contributed by atoms with Gasteiger partial charge in [-0.3, -0.25) is 4.79 Å². The summed E-state index contributed by atoms with van der Waals surface area (Å²) in [6.07, 6.45) is -2.20. The largest absolute Gasteiger partial charge is 0.416 e. The number of halogens is 4. The Morgan fingerprint density at radius 1 is 1.03 bits per heavy atom. The molecule has 0 unspecified atom stereocenters. The molecule has 0 spiro atoms. The SMILES string of the molecule is C[C@H](c1ccc(F)cc1)N(CCN1CCCC1)C(=O)c1ccc(C(F)(F)F)cc1. The number of alkyl halides is 3. The summed E-state index contributed by atoms with van der Waals surface area (Å²) in [5.41, 5.74) is 0.186. The first-order valence-electron chi connectivity index (χ1n) is 9.72. The predicted molar refractivity (Wildman–Crippen MR) is 103 cm³/mol. The highest BCUT2D eigenvalue weighted by Crippen LogP contribution is 2.30. The van der Waals surface area contributed by atoms with Gasteiger partial charge in [-0.1, -0.05) is 12.1 Å². The number of benzene rings is 2. The van der Waals surface area contributed by atoms with Gasteiger partial charge in [-0.2, -0.15) is 13.2 Å². The monoisotopic (exact) mass is 408 g/mol. The van der Waals surface area contributed by atoms with Crippen molar-refractivity contribution in [1.29, 1.82) is 0 Å². The maximum atomic E-state index is 13.3. The molecule has 1 saturated heterocycles. The fourth-order valence-electron chi connectivity index (χ4n) is 3.62. The molecular formula is C22H24F4N2O. The Balaban J connectivity index is 1.82. The van der Waals surface area contributed by atoms with Crippen LogP contribution in [-0.2, 0) is 6.18 Å². The van der Waals surface area contributed by atoms with Crippen LogP contribution < -0.4 is 0 Å². The van der Waals surface area contributed by atoms with Crippen molar-refractivity contribution in [2.45, 2.75) is 32.0 Å². The van der Waals surface area contributed by atoms with Crippen LogP contribution in [0.15, 0.2) is 48.5 Å². The van der Waals surface area contributed by atoms with E-state index >= 15 is 0 Å². The zero-order chi connectivity index (χ0) is 21.0. The molecule has 0 bridgehead atoms. The number of carbonyl (C=O) groups is 1. The molecule has 7 heteroatoms. The zero-order valence-corrected chi connectivity index (χ0v) is 16.3. The van der Waals surface area contributed by atoms with Crippen molar-refractivity contribution in [1.82, 2.24) is 9.80 Å². The first-order valence-corrected chi connectivity index (χ1v) is 9.72. The lowest BCUT2D eigenvalue weighted by molar-refractivity contribution is -0.137. The molecule has 0 aliphatic carbocycles. The minimum Gasteiger partial charge on any atom is -0.331 e. The number of rotatable bonds is 6. The lowest BCUT2D eigenvalue weighted by Crippen LogP contribution is -2.39. The maximum Gasteiger partial charge on any atom is 0.416 e. The van der Waals surface area contributed by atoms with Crippen molar-refractivity contribution in [2.75, 3.05) is 26.2 Å². The van der Waals surface area contributed by atoms with E-state index in [2.05, 4.69) is 4.90 Å². The van der Waals surface area contributed by atoms with Crippen molar-refractivity contribution in [3.8, 4) is 0 Å². The molecule has 1 fully saturated rings. The van der Waals surface area contributed by atoms with Gasteiger partial charge < -0.3 is 9.80 Å². The summed E-state index contributed by atoms with van der Waals surface area (Å²) < 4.78 is 51.8. The highest BCUT2D eigenvalue weighted by Gasteiger charge is 2.31. The molecule has 29 heavy (non-hydrogen) atoms. The first-order chi connectivity index (χ1) is 13.8. The number of carbonyl (C=O) groups excluding carboxylic acids is 1. The van der Waals surface area contributed by atoms with Gasteiger partial charge in [-0.25, -0.2) is 4.39 Å². The van der Waals surface area contributed by atoms with Crippen molar-refractivity contribution in [3.63, 3.8) is 0 Å². The average molecular weight is 408 g/mol. The maximum absolute atomic E-state index is 13.3. The lowest BCUT2D eigenvalue weighted by atomic mass is 10.0. The fourth-order valence-corrected chi connectivity index (χ4v) is 3.62. The van der Waals surface area contributed by atoms with Crippen LogP contribution >= 0.6 is 0 Å². The number of nitrogens with zero attached hydrogens (tertiary/aromatic N) is 2. The highest BCUT2D eigenvalue weighted by atomic mass is 19.4. The van der Waals surface area contributed by atoms with Gasteiger partial charge in [0.25, 0.3) is 5.91 Å². The second-order valence-corrected chi connectivity index (χ2v) is 7.35. The predicted octanol–water partition coefficient (Wildman–Crippen LogP) is 5.14. The third kappa shape index (κ3) is 5.35. The minimum atomic E-state index is -4.45. The van der Waals surface area contributed by atoms with E-state index in [-0.39, 0.29) is 23.3 Å². The first kappa shape index (κ1) is 21.3. The van der Waals surface area contributed by atoms with E-state index in [1.807, 2.05) is 6.92 Å². The van der Waals surface area contributed by atoms with Crippen LogP contribution in [0.3, 0.4) is 0 Å². The number of hydrogen-bond acceptors (Lipinski definition) is 2. The Kier molecular flexibility index (Phi) is 6.57. The van der Waals surface area contributed by atoms with Crippen LogP contribution in [-0.4, -0.2) is 41.9 Å². The van der Waals surface area contributed by atoms with Crippen molar-refractivity contribution >= 4 is 5.91 Å². The topological polar surface area (TPSA) is 23.6 Å². The molecule has 3 rings (SSSR count). The van der Waals surface area contributed by atoms with E-state index < -0.39 is 11.7 Å². The van der Waals surface area contributed by atoms with E-state index in [0.29, 0.717) is 13.1 Å². The summed E-state index contributed by atoms with van der Waals surface area (Å²) in [5, 5.41) is 0. The van der Waals surface area contributed by atoms with Gasteiger partial charge in [-0.15, -0.1) is 0 Å². The molecule has 1 amide bonds. The van der Waals surface area contributed by atoms with E-state index in [1.165, 1.54) is 24.3 Å². The Morgan fingerprint density at radius 3 is 2.17 bits per heavy atom. The van der Waals surface area contributed by atoms with Crippen LogP contribution in [0.25, 0.3) is 0 Å². The average Bonchev–Trinajstić information content (AvgIpc) is 3.21. The Bertz CT molecular complexity index is 812. The molecule has 1 atom stereocenters. The molecule has 1 aliphatic heterocycles. The summed E-state index contributed by atoms with van der Waals surface area (Å²) >= 11 is 0. The van der Waals surface area contributed by atoms with Gasteiger partial charge in [0.2, 0.25) is 0 Å². The molecular weight excluding hydrogens is 384 g/mol. The quantitative estimate of drug-likeness (QED) is 0.618. The van der Waals surface area contributed by atoms with Crippen LogP contribution in [0.1, 0.15) is 47.3 Å². The zero-order valence-electron chi connectivity index (χ0n) is 16.3. The Hall–Kier alpha value is -2.41. The standard InChI is InChI=1S/C22H24F4N2O/c1-16(17-6-10-20(23)11-7-17)28(15-14-27-12-2-3-13-27)21(29)18-4-8-19(9-5-18)22(24,25)26/h4-11,16H,2-3,12-15H2,1H3/t16-/m1/s1.